The molecule has 1 saturated heterocycles. The van der Waals surface area contributed by atoms with Gasteiger partial charge in [0.05, 0.1) is 0 Å². The number of nitrogens with one attached hydrogen (secondary N) is 2. The highest BCUT2D eigenvalue weighted by atomic mass is 32.2. The van der Waals surface area contributed by atoms with Crippen molar-refractivity contribution in [3.8, 4) is 0 Å². The number of unbranched alkanes of at least 4 members (excludes halogenated alkanes) is 1. The summed E-state index contributed by atoms with van der Waals surface area (Å²) in [5.41, 5.74) is 1.57. The van der Waals surface area contributed by atoms with E-state index in [1.165, 1.54) is 23.9 Å². The number of amides is 1. The molecule has 1 aromatic carbocycles. The molecule has 5 nitrogen and oxygen atoms in total. The minimum atomic E-state index is -0.306. The topological polar surface area (TPSA) is 53.6 Å². The van der Waals surface area contributed by atoms with Gasteiger partial charge in [0.2, 0.25) is 5.91 Å². The number of anilines is 1. The lowest BCUT2D eigenvalue weighted by Gasteiger charge is -2.37. The predicted octanol–water partition coefficient (Wildman–Crippen LogP) is 4.36. The third-order valence-corrected chi connectivity index (χ3v) is 6.06. The molecule has 1 unspecified atom stereocenters. The van der Waals surface area contributed by atoms with Gasteiger partial charge in [0, 0.05) is 61.1 Å². The Hall–Kier alpha value is -1.57. The lowest BCUT2D eigenvalue weighted by Crippen LogP contribution is -2.51. The molecule has 1 amide bonds. The Morgan fingerprint density at radius 1 is 1.43 bits per heavy atom. The number of carbonyl (C=O) groups is 1. The summed E-state index contributed by atoms with van der Waals surface area (Å²) < 4.78 is 19.2. The van der Waals surface area contributed by atoms with Gasteiger partial charge in [-0.3, -0.25) is 4.79 Å². The molecule has 7 heteroatoms. The number of halogens is 1. The normalized spacial score (nSPS) is 17.3. The van der Waals surface area contributed by atoms with E-state index in [-0.39, 0.29) is 23.8 Å². The predicted molar refractivity (Wildman–Crippen MR) is 125 cm³/mol. The minimum Gasteiger partial charge on any atom is -0.385 e. The second kappa shape index (κ2) is 13.0. The first kappa shape index (κ1) is 24.7. The molecule has 1 aromatic rings. The van der Waals surface area contributed by atoms with E-state index >= 15 is 0 Å². The average Bonchev–Trinajstić information content (AvgIpc) is 2.73. The highest BCUT2D eigenvalue weighted by Gasteiger charge is 2.27. The molecule has 0 saturated carbocycles. The fourth-order valence-electron chi connectivity index (χ4n) is 3.83. The summed E-state index contributed by atoms with van der Waals surface area (Å²) in [6, 6.07) is 5.01. The molecule has 0 aliphatic carbocycles. The maximum Gasteiger partial charge on any atom is 0.248 e. The van der Waals surface area contributed by atoms with Gasteiger partial charge < -0.3 is 20.3 Å². The second-order valence-electron chi connectivity index (χ2n) is 7.87. The quantitative estimate of drug-likeness (QED) is 0.398. The molecule has 1 heterocycles. The number of ether oxygens (including phenoxy) is 1. The molecule has 0 aromatic heterocycles. The van der Waals surface area contributed by atoms with Gasteiger partial charge >= 0.3 is 0 Å². The second-order valence-corrected chi connectivity index (χ2v) is 8.72. The van der Waals surface area contributed by atoms with Crippen LogP contribution in [0, 0.1) is 5.82 Å². The number of piperidine rings is 1. The van der Waals surface area contributed by atoms with Crippen LogP contribution in [0.1, 0.15) is 45.1 Å². The molecule has 168 valence electrons. The lowest BCUT2D eigenvalue weighted by molar-refractivity contribution is -0.130. The maximum atomic E-state index is 14.1. The van der Waals surface area contributed by atoms with Crippen LogP contribution in [0.4, 0.5) is 10.1 Å². The van der Waals surface area contributed by atoms with E-state index in [4.69, 9.17) is 4.74 Å². The van der Waals surface area contributed by atoms with Crippen LogP contribution in [0.15, 0.2) is 24.3 Å². The zero-order valence-electron chi connectivity index (χ0n) is 18.7. The number of methoxy groups -OCH3 is 1. The summed E-state index contributed by atoms with van der Waals surface area (Å²) in [6.45, 7) is 7.42. The molecule has 2 rings (SSSR count). The molecule has 2 N–H and O–H groups in total. The summed E-state index contributed by atoms with van der Waals surface area (Å²) in [4.78, 5) is 16.0. The van der Waals surface area contributed by atoms with Gasteiger partial charge in [0.25, 0.3) is 0 Å². The van der Waals surface area contributed by atoms with Crippen molar-refractivity contribution in [2.24, 2.45) is 0 Å². The van der Waals surface area contributed by atoms with Crippen LogP contribution in [-0.4, -0.2) is 62.5 Å². The zero-order chi connectivity index (χ0) is 21.9. The Morgan fingerprint density at radius 2 is 2.23 bits per heavy atom. The molecule has 1 aliphatic rings. The van der Waals surface area contributed by atoms with E-state index in [1.807, 2.05) is 25.0 Å². The number of benzene rings is 1. The van der Waals surface area contributed by atoms with E-state index in [0.29, 0.717) is 0 Å². The zero-order valence-corrected chi connectivity index (χ0v) is 19.5. The van der Waals surface area contributed by atoms with Gasteiger partial charge in [-0.1, -0.05) is 0 Å². The molecular weight excluding hydrogens is 401 g/mol. The van der Waals surface area contributed by atoms with E-state index in [1.54, 1.807) is 19.3 Å². The van der Waals surface area contributed by atoms with Crippen LogP contribution in [0.2, 0.25) is 0 Å². The average molecular weight is 438 g/mol. The van der Waals surface area contributed by atoms with Gasteiger partial charge in [-0.05, 0) is 70.5 Å². The minimum absolute atomic E-state index is 0.0154. The first-order chi connectivity index (χ1) is 14.5. The fourth-order valence-corrected chi connectivity index (χ4v) is 4.44. The largest absolute Gasteiger partial charge is 0.385 e. The van der Waals surface area contributed by atoms with Crippen LogP contribution in [-0.2, 0) is 9.53 Å². The molecular formula is C23H36FN3O2S. The van der Waals surface area contributed by atoms with E-state index < -0.39 is 0 Å². The van der Waals surface area contributed by atoms with Crippen molar-refractivity contribution in [1.82, 2.24) is 10.2 Å². The Balaban J connectivity index is 2.22. The van der Waals surface area contributed by atoms with E-state index in [0.717, 1.165) is 68.1 Å². The van der Waals surface area contributed by atoms with Crippen molar-refractivity contribution in [1.29, 1.82) is 0 Å². The molecule has 30 heavy (non-hydrogen) atoms. The Kier molecular flexibility index (Phi) is 10.7. The van der Waals surface area contributed by atoms with Crippen molar-refractivity contribution in [2.45, 2.75) is 51.6 Å². The first-order valence-electron chi connectivity index (χ1n) is 10.8. The highest BCUT2D eigenvalue weighted by Crippen LogP contribution is 2.32. The van der Waals surface area contributed by atoms with Gasteiger partial charge in [-0.2, -0.15) is 0 Å². The molecule has 1 atom stereocenters. The number of hydrogen-bond donors (Lipinski definition) is 2. The molecule has 0 spiro atoms. The van der Waals surface area contributed by atoms with Crippen LogP contribution < -0.4 is 10.6 Å². The van der Waals surface area contributed by atoms with Crippen LogP contribution in [0.3, 0.4) is 0 Å². The van der Waals surface area contributed by atoms with Crippen molar-refractivity contribution in [3.63, 3.8) is 0 Å². The Morgan fingerprint density at radius 3 is 2.87 bits per heavy atom. The van der Waals surface area contributed by atoms with E-state index in [2.05, 4.69) is 10.6 Å². The number of hydrogen-bond acceptors (Lipinski definition) is 5. The van der Waals surface area contributed by atoms with Crippen LogP contribution in [0.5, 0.6) is 0 Å². The summed E-state index contributed by atoms with van der Waals surface area (Å²) >= 11 is 1.47. The van der Waals surface area contributed by atoms with Crippen molar-refractivity contribution < 1.29 is 13.9 Å². The third-order valence-electron chi connectivity index (χ3n) is 5.29. The lowest BCUT2D eigenvalue weighted by atomic mass is 10.0. The van der Waals surface area contributed by atoms with E-state index in [9.17, 15) is 9.18 Å². The van der Waals surface area contributed by atoms with Crippen LogP contribution in [0.25, 0.3) is 4.91 Å². The number of nitrogens with zero attached hydrogens (tertiary/aromatic N) is 1. The summed E-state index contributed by atoms with van der Waals surface area (Å²) in [5, 5.41) is 6.78. The molecule has 1 aliphatic heterocycles. The summed E-state index contributed by atoms with van der Waals surface area (Å²) in [6.07, 6.45) is 7.59. The molecule has 0 bridgehead atoms. The number of carbonyl (C=O) groups excluding carboxylic acids is 1. The van der Waals surface area contributed by atoms with Gasteiger partial charge in [-0.15, -0.1) is 11.8 Å². The smallest absolute Gasteiger partial charge is 0.248 e. The third kappa shape index (κ3) is 7.29. The SMILES string of the molecule is COCCCCNc1ccc(F)cc1/C(=C/C(=O)N(C(C)C)C1CCCNC1)SC. The van der Waals surface area contributed by atoms with Crippen molar-refractivity contribution in [3.05, 3.63) is 35.7 Å². The first-order valence-corrected chi connectivity index (χ1v) is 12.0. The molecule has 1 fully saturated rings. The van der Waals surface area contributed by atoms with Gasteiger partial charge in [-0.25, -0.2) is 4.39 Å². The number of thioether (sulfide) groups is 1. The Bertz CT molecular complexity index is 706. The summed E-state index contributed by atoms with van der Waals surface area (Å²) in [7, 11) is 1.70. The standard InChI is InChI=1S/C23H36FN3O2S/c1-17(2)27(19-8-7-11-25-16-19)23(28)15-22(30-4)20-14-18(24)9-10-21(20)26-12-5-6-13-29-3/h9-10,14-15,17,19,25-26H,5-8,11-13,16H2,1-4H3/b22-15-. The monoisotopic (exact) mass is 437 g/mol. The number of rotatable bonds is 11. The maximum absolute atomic E-state index is 14.1. The molecule has 0 radical (unpaired) electrons. The Labute approximate surface area is 184 Å². The highest BCUT2D eigenvalue weighted by molar-refractivity contribution is 8.07. The van der Waals surface area contributed by atoms with Gasteiger partial charge in [0.15, 0.2) is 0 Å². The summed E-state index contributed by atoms with van der Waals surface area (Å²) in [5.74, 6) is -0.321. The van der Waals surface area contributed by atoms with Crippen molar-refractivity contribution in [2.75, 3.05) is 44.9 Å². The fraction of sp³-hybridized carbons (Fsp3) is 0.609. The van der Waals surface area contributed by atoms with Gasteiger partial charge in [0.1, 0.15) is 5.82 Å². The van der Waals surface area contributed by atoms with Crippen LogP contribution >= 0.6 is 11.8 Å². The van der Waals surface area contributed by atoms with Crippen molar-refractivity contribution >= 4 is 28.3 Å².